The first-order chi connectivity index (χ1) is 31.5. The second-order valence-electron chi connectivity index (χ2n) is 17.5. The number of aldehydes is 1. The van der Waals surface area contributed by atoms with Crippen molar-refractivity contribution in [2.24, 2.45) is 5.92 Å². The summed E-state index contributed by atoms with van der Waals surface area (Å²) in [6.45, 7) is 13.6. The van der Waals surface area contributed by atoms with Gasteiger partial charge in [-0.2, -0.15) is 4.98 Å². The molecule has 0 saturated carbocycles. The zero-order valence-electron chi connectivity index (χ0n) is 37.8. The fraction of sp³-hybridized carbons (Fsp3) is 0.458. The number of piperidine rings is 2. The maximum atomic E-state index is 13.4. The van der Waals surface area contributed by atoms with E-state index in [9.17, 15) is 19.2 Å². The Hall–Kier alpha value is -5.34. The predicted molar refractivity (Wildman–Crippen MR) is 260 cm³/mol. The number of nitrogens with zero attached hydrogens (tertiary/aromatic N) is 7. The average Bonchev–Trinajstić information content (AvgIpc) is 3.58. The van der Waals surface area contributed by atoms with Crippen LogP contribution >= 0.6 is 19.5 Å². The van der Waals surface area contributed by atoms with Crippen molar-refractivity contribution in [3.8, 4) is 5.75 Å². The van der Waals surface area contributed by atoms with Gasteiger partial charge in [-0.3, -0.25) is 24.2 Å². The number of para-hydroxylation sites is 1. The number of anilines is 6. The quantitative estimate of drug-likeness (QED) is 0.0666. The molecule has 65 heavy (non-hydrogen) atoms. The monoisotopic (exact) mass is 922 g/mol. The van der Waals surface area contributed by atoms with Gasteiger partial charge < -0.3 is 40.2 Å². The Bertz CT molecular complexity index is 2360. The zero-order chi connectivity index (χ0) is 45.6. The van der Waals surface area contributed by atoms with E-state index in [2.05, 4.69) is 72.1 Å². The minimum Gasteiger partial charge on any atom is -0.494 e. The molecule has 0 aliphatic carbocycles. The number of piperazine rings is 1. The summed E-state index contributed by atoms with van der Waals surface area (Å²) in [4.78, 5) is 70.5. The van der Waals surface area contributed by atoms with Crippen molar-refractivity contribution in [1.82, 2.24) is 30.0 Å². The van der Waals surface area contributed by atoms with Gasteiger partial charge in [-0.05, 0) is 93.1 Å². The molecule has 344 valence electrons. The van der Waals surface area contributed by atoms with Gasteiger partial charge in [0.25, 0.3) is 11.8 Å². The molecule has 1 aromatic heterocycles. The number of aromatic nitrogens is 2. The van der Waals surface area contributed by atoms with Crippen molar-refractivity contribution >= 4 is 83.4 Å². The number of benzene rings is 3. The molecule has 4 aromatic rings. The topological polar surface area (TPSA) is 156 Å². The first kappa shape index (κ1) is 46.2. The molecule has 3 saturated heterocycles. The van der Waals surface area contributed by atoms with Gasteiger partial charge in [0.1, 0.15) is 17.1 Å². The van der Waals surface area contributed by atoms with E-state index in [-0.39, 0.29) is 26.7 Å². The van der Waals surface area contributed by atoms with Gasteiger partial charge in [0, 0.05) is 102 Å². The minimum atomic E-state index is -0.978. The van der Waals surface area contributed by atoms with Gasteiger partial charge in [-0.1, -0.05) is 37.7 Å². The Labute approximate surface area is 388 Å². The second kappa shape index (κ2) is 20.9. The molecule has 1 unspecified atom stereocenters. The van der Waals surface area contributed by atoms with Crippen LogP contribution in [0.25, 0.3) is 0 Å². The Kier molecular flexibility index (Phi) is 14.8. The van der Waals surface area contributed by atoms with E-state index in [0.717, 1.165) is 118 Å². The highest BCUT2D eigenvalue weighted by atomic mass is 35.5. The van der Waals surface area contributed by atoms with Crippen LogP contribution in [-0.2, 0) is 9.59 Å². The Morgan fingerprint density at radius 1 is 0.862 bits per heavy atom. The zero-order valence-corrected chi connectivity index (χ0v) is 39.4. The van der Waals surface area contributed by atoms with Crippen molar-refractivity contribution in [3.63, 3.8) is 0 Å². The number of rotatable bonds is 16. The summed E-state index contributed by atoms with van der Waals surface area (Å²) in [7, 11) is 2.88. The van der Waals surface area contributed by atoms with E-state index < -0.39 is 17.9 Å². The molecule has 3 aromatic carbocycles. The van der Waals surface area contributed by atoms with Gasteiger partial charge in [0.15, 0.2) is 5.82 Å². The van der Waals surface area contributed by atoms with Crippen molar-refractivity contribution in [2.45, 2.75) is 50.6 Å². The smallest absolute Gasteiger partial charge is 0.262 e. The van der Waals surface area contributed by atoms with Crippen LogP contribution in [0.4, 0.5) is 34.5 Å². The van der Waals surface area contributed by atoms with E-state index in [1.165, 1.54) is 12.4 Å². The molecule has 0 bridgehead atoms. The standard InChI is InChI=1S/C48H60ClN10O5P/c1-50-44(61)14-11-36(31-60)59-46(62)37-12-9-34(27-38(37)47(59)63)56-19-15-32(16-20-56)30-55-23-25-58(26-24-55)33-17-21-57(22-18-33)35-10-13-40(42(28-35)64-2)53-48-51-29-39(49)45(54-48)52-41-7-5-6-8-43(41)65(3)4/h5-10,12-13,27-29,31-33,36H,11,14-26,30H2,1-4H3,(H,50,61)(H2,51,52,53,54). The minimum absolute atomic E-state index is 0.0514. The third-order valence-electron chi connectivity index (χ3n) is 13.4. The number of carbonyl (C=O) groups is 4. The molecule has 4 aliphatic heterocycles. The fourth-order valence-electron chi connectivity index (χ4n) is 9.66. The van der Waals surface area contributed by atoms with Crippen LogP contribution in [-0.4, -0.2) is 147 Å². The largest absolute Gasteiger partial charge is 0.494 e. The molecule has 0 spiro atoms. The maximum Gasteiger partial charge on any atom is 0.262 e. The van der Waals surface area contributed by atoms with Crippen molar-refractivity contribution in [1.29, 1.82) is 0 Å². The van der Waals surface area contributed by atoms with Gasteiger partial charge in [-0.25, -0.2) is 4.98 Å². The molecular weight excluding hydrogens is 863 g/mol. The first-order valence-electron chi connectivity index (χ1n) is 22.7. The summed E-state index contributed by atoms with van der Waals surface area (Å²) in [5.74, 6) is 1.09. The maximum absolute atomic E-state index is 13.4. The van der Waals surface area contributed by atoms with Crippen LogP contribution in [0.3, 0.4) is 0 Å². The number of hydrogen-bond acceptors (Lipinski definition) is 13. The number of methoxy groups -OCH3 is 1. The molecule has 5 heterocycles. The van der Waals surface area contributed by atoms with Gasteiger partial charge >= 0.3 is 0 Å². The van der Waals surface area contributed by atoms with E-state index in [1.807, 2.05) is 30.3 Å². The van der Waals surface area contributed by atoms with Crippen LogP contribution in [0.1, 0.15) is 59.2 Å². The molecule has 1 atom stereocenters. The van der Waals surface area contributed by atoms with Gasteiger partial charge in [-0.15, -0.1) is 0 Å². The lowest BCUT2D eigenvalue weighted by atomic mass is 9.95. The Morgan fingerprint density at radius 3 is 2.23 bits per heavy atom. The molecule has 4 aliphatic rings. The summed E-state index contributed by atoms with van der Waals surface area (Å²) in [5.41, 5.74) is 4.46. The van der Waals surface area contributed by atoms with Crippen LogP contribution < -0.4 is 35.8 Å². The summed E-state index contributed by atoms with van der Waals surface area (Å²) in [6.07, 6.45) is 6.69. The van der Waals surface area contributed by atoms with Gasteiger partial charge in [0.05, 0.1) is 36.2 Å². The normalized spacial score (nSPS) is 18.2. The number of nitrogens with one attached hydrogen (secondary N) is 3. The van der Waals surface area contributed by atoms with E-state index in [4.69, 9.17) is 21.3 Å². The number of carbonyl (C=O) groups excluding carboxylic acids is 4. The molecule has 3 fully saturated rings. The summed E-state index contributed by atoms with van der Waals surface area (Å²) < 4.78 is 5.86. The summed E-state index contributed by atoms with van der Waals surface area (Å²) >= 11 is 6.54. The van der Waals surface area contributed by atoms with Crippen molar-refractivity contribution in [2.75, 3.05) is 107 Å². The van der Waals surface area contributed by atoms with E-state index in [1.54, 1.807) is 25.4 Å². The molecule has 3 N–H and O–H groups in total. The van der Waals surface area contributed by atoms with Crippen LogP contribution in [0, 0.1) is 5.92 Å². The van der Waals surface area contributed by atoms with Gasteiger partial charge in [0.2, 0.25) is 11.9 Å². The van der Waals surface area contributed by atoms with Crippen LogP contribution in [0.2, 0.25) is 5.02 Å². The third kappa shape index (κ3) is 10.5. The summed E-state index contributed by atoms with van der Waals surface area (Å²) in [5, 5.41) is 11.0. The number of amides is 3. The number of imide groups is 1. The molecule has 8 rings (SSSR count). The number of halogens is 1. The Balaban J connectivity index is 0.777. The van der Waals surface area contributed by atoms with Crippen LogP contribution in [0.5, 0.6) is 5.75 Å². The first-order valence-corrected chi connectivity index (χ1v) is 25.3. The molecular formula is C48H60ClN10O5P. The molecule has 0 radical (unpaired) electrons. The lowest BCUT2D eigenvalue weighted by Gasteiger charge is -2.44. The number of fused-ring (bicyclic) bond motifs is 1. The van der Waals surface area contributed by atoms with Crippen molar-refractivity contribution < 1.29 is 23.9 Å². The number of hydrogen-bond donors (Lipinski definition) is 3. The van der Waals surface area contributed by atoms with E-state index in [0.29, 0.717) is 46.2 Å². The molecule has 17 heteroatoms. The average molecular weight is 923 g/mol. The Morgan fingerprint density at radius 2 is 1.54 bits per heavy atom. The highest BCUT2D eigenvalue weighted by Gasteiger charge is 2.40. The third-order valence-corrected chi connectivity index (χ3v) is 15.0. The lowest BCUT2D eigenvalue weighted by Crippen LogP contribution is -2.54. The number of ether oxygens (including phenoxy) is 1. The highest BCUT2D eigenvalue weighted by molar-refractivity contribution is 7.64. The van der Waals surface area contributed by atoms with E-state index >= 15 is 0 Å². The van der Waals surface area contributed by atoms with Crippen LogP contribution in [0.15, 0.2) is 66.9 Å². The predicted octanol–water partition coefficient (Wildman–Crippen LogP) is 6.19. The molecule has 3 amide bonds. The molecule has 15 nitrogen and oxygen atoms in total. The SMILES string of the molecule is CNC(=O)CCC(C=O)N1C(=O)c2ccc(N3CCC(CN4CCN(C5CCN(c6ccc(Nc7ncc(Cl)c(Nc8ccccc8P(C)C)n7)c(OC)c6)CC5)CC4)CC3)cc2C1=O. The second-order valence-corrected chi connectivity index (χ2v) is 20.2. The lowest BCUT2D eigenvalue weighted by molar-refractivity contribution is -0.121. The van der Waals surface area contributed by atoms with Crippen molar-refractivity contribution in [3.05, 3.63) is 83.0 Å². The fourth-order valence-corrected chi connectivity index (χ4v) is 10.8. The highest BCUT2D eigenvalue weighted by Crippen LogP contribution is 2.36. The summed E-state index contributed by atoms with van der Waals surface area (Å²) in [6, 6.07) is 19.5.